The molecule has 1 aliphatic rings. The van der Waals surface area contributed by atoms with Gasteiger partial charge >= 0.3 is 0 Å². The Morgan fingerprint density at radius 1 is 1.31 bits per heavy atom. The first-order valence-corrected chi connectivity index (χ1v) is 6.61. The van der Waals surface area contributed by atoms with Gasteiger partial charge in [0.05, 0.1) is 7.11 Å². The molecular formula is C13H16BrFO. The van der Waals surface area contributed by atoms with Gasteiger partial charge in [0.2, 0.25) is 0 Å². The number of benzene rings is 1. The van der Waals surface area contributed by atoms with Crippen molar-refractivity contribution >= 4 is 15.9 Å². The van der Waals surface area contributed by atoms with Gasteiger partial charge in [-0.2, -0.15) is 0 Å². The van der Waals surface area contributed by atoms with E-state index in [4.69, 9.17) is 4.74 Å². The molecule has 2 rings (SSSR count). The summed E-state index contributed by atoms with van der Waals surface area (Å²) in [5.41, 5.74) is 0.822. The summed E-state index contributed by atoms with van der Waals surface area (Å²) in [5, 5.41) is 0. The van der Waals surface area contributed by atoms with Crippen LogP contribution >= 0.6 is 15.9 Å². The molecule has 1 aromatic carbocycles. The molecule has 0 heterocycles. The van der Waals surface area contributed by atoms with Gasteiger partial charge in [-0.3, -0.25) is 0 Å². The number of hydrogen-bond donors (Lipinski definition) is 0. The molecule has 2 atom stereocenters. The highest BCUT2D eigenvalue weighted by molar-refractivity contribution is 9.09. The van der Waals surface area contributed by atoms with Crippen LogP contribution in [0, 0.1) is 5.82 Å². The van der Waals surface area contributed by atoms with Gasteiger partial charge in [0, 0.05) is 10.9 Å². The third-order valence-corrected chi connectivity index (χ3v) is 4.38. The van der Waals surface area contributed by atoms with Crippen molar-refractivity contribution in [2.75, 3.05) is 7.11 Å². The van der Waals surface area contributed by atoms with Crippen LogP contribution in [0.2, 0.25) is 0 Å². The molecule has 0 N–H and O–H groups in total. The highest BCUT2D eigenvalue weighted by Crippen LogP contribution is 2.39. The fourth-order valence-electron chi connectivity index (χ4n) is 2.37. The van der Waals surface area contributed by atoms with Gasteiger partial charge in [-0.05, 0) is 30.4 Å². The second-order valence-electron chi connectivity index (χ2n) is 4.29. The maximum atomic E-state index is 13.9. The molecule has 2 unspecified atom stereocenters. The van der Waals surface area contributed by atoms with Crippen LogP contribution in [-0.4, -0.2) is 11.9 Å². The molecule has 0 aliphatic heterocycles. The van der Waals surface area contributed by atoms with Gasteiger partial charge in [-0.15, -0.1) is 0 Å². The van der Waals surface area contributed by atoms with Crippen molar-refractivity contribution < 1.29 is 9.13 Å². The molecule has 0 saturated heterocycles. The summed E-state index contributed by atoms with van der Waals surface area (Å²) in [7, 11) is 1.56. The highest BCUT2D eigenvalue weighted by atomic mass is 79.9. The summed E-state index contributed by atoms with van der Waals surface area (Å²) in [6, 6.07) is 5.18. The molecule has 0 bridgehead atoms. The summed E-state index contributed by atoms with van der Waals surface area (Å²) in [4.78, 5) is 0.407. The summed E-state index contributed by atoms with van der Waals surface area (Å²) < 4.78 is 18.9. The summed E-state index contributed by atoms with van der Waals surface area (Å²) in [6.07, 6.45) is 4.64. The van der Waals surface area contributed by atoms with Crippen LogP contribution in [0.4, 0.5) is 4.39 Å². The van der Waals surface area contributed by atoms with Gasteiger partial charge in [0.25, 0.3) is 0 Å². The number of rotatable bonds is 2. The number of halogens is 2. The quantitative estimate of drug-likeness (QED) is 0.739. The zero-order chi connectivity index (χ0) is 11.5. The minimum absolute atomic E-state index is 0.143. The molecular weight excluding hydrogens is 271 g/mol. The molecule has 1 nitrogen and oxygen atoms in total. The van der Waals surface area contributed by atoms with E-state index in [0.717, 1.165) is 18.4 Å². The highest BCUT2D eigenvalue weighted by Gasteiger charge is 2.26. The topological polar surface area (TPSA) is 9.23 Å². The second-order valence-corrected chi connectivity index (χ2v) is 5.47. The zero-order valence-corrected chi connectivity index (χ0v) is 11.0. The predicted octanol–water partition coefficient (Wildman–Crippen LogP) is 4.26. The minimum atomic E-state index is -0.143. The van der Waals surface area contributed by atoms with E-state index < -0.39 is 0 Å². The molecule has 3 heteroatoms. The van der Waals surface area contributed by atoms with Crippen LogP contribution in [0.25, 0.3) is 0 Å². The fourth-order valence-corrected chi connectivity index (χ4v) is 3.24. The van der Waals surface area contributed by atoms with Crippen molar-refractivity contribution in [2.24, 2.45) is 0 Å². The van der Waals surface area contributed by atoms with E-state index in [1.54, 1.807) is 7.11 Å². The van der Waals surface area contributed by atoms with E-state index in [-0.39, 0.29) is 5.82 Å². The third-order valence-electron chi connectivity index (χ3n) is 3.29. The lowest BCUT2D eigenvalue weighted by Crippen LogP contribution is -2.18. The Bertz CT molecular complexity index is 367. The first-order chi connectivity index (χ1) is 7.72. The van der Waals surface area contributed by atoms with E-state index in [2.05, 4.69) is 15.9 Å². The fraction of sp³-hybridized carbons (Fsp3) is 0.538. The number of ether oxygens (including phenoxy) is 1. The molecule has 0 radical (unpaired) electrons. The zero-order valence-electron chi connectivity index (χ0n) is 9.38. The Labute approximate surface area is 104 Å². The Morgan fingerprint density at radius 3 is 2.69 bits per heavy atom. The van der Waals surface area contributed by atoms with E-state index in [9.17, 15) is 4.39 Å². The minimum Gasteiger partial charge on any atom is -0.497 e. The van der Waals surface area contributed by atoms with Gasteiger partial charge in [0.15, 0.2) is 0 Å². The van der Waals surface area contributed by atoms with Gasteiger partial charge in [-0.25, -0.2) is 4.39 Å². The molecule has 88 valence electrons. The van der Waals surface area contributed by atoms with Crippen LogP contribution < -0.4 is 4.74 Å². The molecule has 0 amide bonds. The Hall–Kier alpha value is -0.570. The molecule has 16 heavy (non-hydrogen) atoms. The predicted molar refractivity (Wildman–Crippen MR) is 66.9 cm³/mol. The van der Waals surface area contributed by atoms with E-state index in [1.807, 2.05) is 12.1 Å². The normalized spacial score (nSPS) is 25.4. The summed E-state index contributed by atoms with van der Waals surface area (Å²) in [6.45, 7) is 0. The van der Waals surface area contributed by atoms with Crippen molar-refractivity contribution in [2.45, 2.75) is 36.4 Å². The van der Waals surface area contributed by atoms with Crippen LogP contribution in [0.5, 0.6) is 5.75 Å². The van der Waals surface area contributed by atoms with Crippen molar-refractivity contribution in [3.8, 4) is 5.75 Å². The van der Waals surface area contributed by atoms with Crippen molar-refractivity contribution in [3.63, 3.8) is 0 Å². The molecule has 0 spiro atoms. The average molecular weight is 287 g/mol. The van der Waals surface area contributed by atoms with Crippen molar-refractivity contribution in [1.29, 1.82) is 0 Å². The molecule has 1 aromatic rings. The van der Waals surface area contributed by atoms with Gasteiger partial charge in [0.1, 0.15) is 11.6 Å². The van der Waals surface area contributed by atoms with Crippen LogP contribution in [-0.2, 0) is 0 Å². The lowest BCUT2D eigenvalue weighted by Gasteiger charge is -2.28. The van der Waals surface area contributed by atoms with Crippen molar-refractivity contribution in [3.05, 3.63) is 29.6 Å². The maximum absolute atomic E-state index is 13.9. The van der Waals surface area contributed by atoms with Gasteiger partial charge < -0.3 is 4.74 Å². The molecule has 1 saturated carbocycles. The van der Waals surface area contributed by atoms with E-state index in [1.165, 1.54) is 18.9 Å². The van der Waals surface area contributed by atoms with Crippen LogP contribution in [0.1, 0.15) is 37.2 Å². The number of hydrogen-bond acceptors (Lipinski definition) is 1. The standard InChI is InChI=1S/C13H16BrFO/c1-16-9-6-7-11(13(15)8-9)10-4-2-3-5-12(10)14/h6-8,10,12H,2-5H2,1H3. The lowest BCUT2D eigenvalue weighted by atomic mass is 9.84. The number of methoxy groups -OCH3 is 1. The second kappa shape index (κ2) is 5.17. The first kappa shape index (κ1) is 11.9. The van der Waals surface area contributed by atoms with Gasteiger partial charge in [-0.1, -0.05) is 34.8 Å². The summed E-state index contributed by atoms with van der Waals surface area (Å²) >= 11 is 3.66. The monoisotopic (exact) mass is 286 g/mol. The van der Waals surface area contributed by atoms with E-state index in [0.29, 0.717) is 16.5 Å². The Morgan fingerprint density at radius 2 is 2.06 bits per heavy atom. The van der Waals surface area contributed by atoms with Crippen LogP contribution in [0.3, 0.4) is 0 Å². The Kier molecular flexibility index (Phi) is 3.85. The summed E-state index contributed by atoms with van der Waals surface area (Å²) in [5.74, 6) is 0.749. The molecule has 1 fully saturated rings. The van der Waals surface area contributed by atoms with Crippen LogP contribution in [0.15, 0.2) is 18.2 Å². The average Bonchev–Trinajstić information content (AvgIpc) is 2.30. The smallest absolute Gasteiger partial charge is 0.130 e. The Balaban J connectivity index is 2.25. The molecule has 1 aliphatic carbocycles. The first-order valence-electron chi connectivity index (χ1n) is 5.70. The largest absolute Gasteiger partial charge is 0.497 e. The lowest BCUT2D eigenvalue weighted by molar-refractivity contribution is 0.407. The SMILES string of the molecule is COc1ccc(C2CCCCC2Br)c(F)c1. The van der Waals surface area contributed by atoms with E-state index >= 15 is 0 Å². The number of alkyl halides is 1. The van der Waals surface area contributed by atoms with Crippen molar-refractivity contribution in [1.82, 2.24) is 0 Å². The molecule has 0 aromatic heterocycles. The third kappa shape index (κ3) is 2.40. The maximum Gasteiger partial charge on any atom is 0.130 e.